The molecule has 1 aliphatic rings. The van der Waals surface area contributed by atoms with Gasteiger partial charge >= 0.3 is 7.12 Å². The topological polar surface area (TPSA) is 56.3 Å². The van der Waals surface area contributed by atoms with Crippen LogP contribution in [0.25, 0.3) is 10.6 Å². The number of aromatic nitrogens is 2. The maximum atomic E-state index is 6.06. The summed E-state index contributed by atoms with van der Waals surface area (Å²) in [6.07, 6.45) is 0. The van der Waals surface area contributed by atoms with Crippen molar-refractivity contribution in [2.45, 2.75) is 38.9 Å². The monoisotopic (exact) mass is 317 g/mol. The average Bonchev–Trinajstić information content (AvgIpc) is 3.02. The molecule has 0 spiro atoms. The largest absolute Gasteiger partial charge is 0.494 e. The molecule has 0 saturated carbocycles. The van der Waals surface area contributed by atoms with E-state index in [9.17, 15) is 0 Å². The highest BCUT2D eigenvalue weighted by Gasteiger charge is 2.51. The van der Waals surface area contributed by atoms with Crippen LogP contribution in [0.3, 0.4) is 0 Å². The first kappa shape index (κ1) is 15.5. The molecule has 1 saturated heterocycles. The molecule has 1 N–H and O–H groups in total. The Morgan fingerprint density at radius 3 is 2.09 bits per heavy atom. The highest BCUT2D eigenvalue weighted by Crippen LogP contribution is 2.36. The van der Waals surface area contributed by atoms with E-state index in [1.807, 2.05) is 31.3 Å². The Labute approximate surface area is 135 Å². The van der Waals surface area contributed by atoms with Crippen molar-refractivity contribution in [1.82, 2.24) is 10.2 Å². The van der Waals surface area contributed by atoms with Crippen molar-refractivity contribution in [1.29, 1.82) is 0 Å². The van der Waals surface area contributed by atoms with Gasteiger partial charge in [-0.15, -0.1) is 10.2 Å². The molecule has 2 aromatic rings. The molecule has 5 nitrogen and oxygen atoms in total. The van der Waals surface area contributed by atoms with Crippen LogP contribution in [0.2, 0.25) is 0 Å². The van der Waals surface area contributed by atoms with Crippen LogP contribution in [0, 0.1) is 0 Å². The van der Waals surface area contributed by atoms with E-state index >= 15 is 0 Å². The molecule has 0 aliphatic carbocycles. The Balaban J connectivity index is 1.81. The van der Waals surface area contributed by atoms with Crippen molar-refractivity contribution >= 4 is 29.0 Å². The number of hydrogen-bond acceptors (Lipinski definition) is 6. The highest BCUT2D eigenvalue weighted by atomic mass is 32.1. The van der Waals surface area contributed by atoms with Crippen LogP contribution in [-0.2, 0) is 9.31 Å². The summed E-state index contributed by atoms with van der Waals surface area (Å²) in [5.41, 5.74) is 1.41. The van der Waals surface area contributed by atoms with Crippen LogP contribution in [0.15, 0.2) is 24.3 Å². The molecule has 116 valence electrons. The molecule has 0 bridgehead atoms. The van der Waals surface area contributed by atoms with Gasteiger partial charge in [-0.2, -0.15) is 0 Å². The third-order valence-corrected chi connectivity index (χ3v) is 5.31. The Bertz CT molecular complexity index is 654. The molecular formula is C15H20BN3O2S. The molecule has 1 aromatic heterocycles. The average molecular weight is 317 g/mol. The smallest absolute Gasteiger partial charge is 0.399 e. The second-order valence-corrected chi connectivity index (χ2v) is 7.35. The molecule has 0 unspecified atom stereocenters. The van der Waals surface area contributed by atoms with Crippen LogP contribution in [0.1, 0.15) is 27.7 Å². The summed E-state index contributed by atoms with van der Waals surface area (Å²) in [6.45, 7) is 8.23. The van der Waals surface area contributed by atoms with Crippen LogP contribution in [0.5, 0.6) is 0 Å². The summed E-state index contributed by atoms with van der Waals surface area (Å²) in [6, 6.07) is 8.11. The maximum Gasteiger partial charge on any atom is 0.494 e. The molecular weight excluding hydrogens is 297 g/mol. The van der Waals surface area contributed by atoms with Gasteiger partial charge in [0.25, 0.3) is 0 Å². The van der Waals surface area contributed by atoms with Crippen LogP contribution in [0.4, 0.5) is 5.13 Å². The van der Waals surface area contributed by atoms with Crippen molar-refractivity contribution in [3.8, 4) is 10.6 Å². The minimum atomic E-state index is -0.332. The lowest BCUT2D eigenvalue weighted by Crippen LogP contribution is -2.41. The third-order valence-electron chi connectivity index (χ3n) is 4.32. The first-order valence-electron chi connectivity index (χ1n) is 7.30. The number of nitrogens with one attached hydrogen (secondary N) is 1. The van der Waals surface area contributed by atoms with E-state index < -0.39 is 0 Å². The zero-order chi connectivity index (χ0) is 16.0. The van der Waals surface area contributed by atoms with Gasteiger partial charge < -0.3 is 14.6 Å². The maximum absolute atomic E-state index is 6.06. The fourth-order valence-electron chi connectivity index (χ4n) is 2.20. The van der Waals surface area contributed by atoms with Gasteiger partial charge in [0.1, 0.15) is 5.01 Å². The normalized spacial score (nSPS) is 19.4. The Morgan fingerprint density at radius 2 is 1.59 bits per heavy atom. The molecule has 0 amide bonds. The van der Waals surface area contributed by atoms with Gasteiger partial charge in [0, 0.05) is 12.6 Å². The minimum absolute atomic E-state index is 0.322. The van der Waals surface area contributed by atoms with Crippen LogP contribution >= 0.6 is 11.3 Å². The number of rotatable bonds is 3. The van der Waals surface area contributed by atoms with Gasteiger partial charge in [-0.1, -0.05) is 35.6 Å². The van der Waals surface area contributed by atoms with Gasteiger partial charge in [0.05, 0.1) is 11.2 Å². The molecule has 2 heterocycles. The van der Waals surface area contributed by atoms with Crippen molar-refractivity contribution in [3.63, 3.8) is 0 Å². The van der Waals surface area contributed by atoms with Gasteiger partial charge in [-0.25, -0.2) is 0 Å². The zero-order valence-electron chi connectivity index (χ0n) is 13.5. The van der Waals surface area contributed by atoms with Gasteiger partial charge in [0.15, 0.2) is 0 Å². The summed E-state index contributed by atoms with van der Waals surface area (Å²) in [4.78, 5) is 0. The van der Waals surface area contributed by atoms with E-state index in [0.29, 0.717) is 0 Å². The van der Waals surface area contributed by atoms with Gasteiger partial charge in [0.2, 0.25) is 5.13 Å². The number of nitrogens with zero attached hydrogens (tertiary/aromatic N) is 2. The molecule has 1 fully saturated rings. The lowest BCUT2D eigenvalue weighted by atomic mass is 9.79. The van der Waals surface area contributed by atoms with Crippen molar-refractivity contribution in [3.05, 3.63) is 24.3 Å². The molecule has 22 heavy (non-hydrogen) atoms. The first-order valence-corrected chi connectivity index (χ1v) is 8.11. The first-order chi connectivity index (χ1) is 10.3. The summed E-state index contributed by atoms with van der Waals surface area (Å²) >= 11 is 1.53. The molecule has 0 atom stereocenters. The van der Waals surface area contributed by atoms with E-state index in [1.165, 1.54) is 11.3 Å². The summed E-state index contributed by atoms with van der Waals surface area (Å²) in [5.74, 6) is 0. The Hall–Kier alpha value is -1.44. The van der Waals surface area contributed by atoms with Gasteiger partial charge in [-0.05, 0) is 33.2 Å². The second-order valence-electron chi connectivity index (χ2n) is 6.37. The number of hydrogen-bond donors (Lipinski definition) is 1. The highest BCUT2D eigenvalue weighted by molar-refractivity contribution is 7.18. The van der Waals surface area contributed by atoms with E-state index in [2.05, 4.69) is 43.2 Å². The van der Waals surface area contributed by atoms with Gasteiger partial charge in [-0.3, -0.25) is 0 Å². The molecule has 3 rings (SSSR count). The fourth-order valence-corrected chi connectivity index (χ4v) is 2.91. The molecule has 1 aliphatic heterocycles. The van der Waals surface area contributed by atoms with E-state index in [0.717, 1.165) is 21.2 Å². The van der Waals surface area contributed by atoms with Crippen LogP contribution in [-0.4, -0.2) is 35.6 Å². The Kier molecular flexibility index (Phi) is 3.75. The van der Waals surface area contributed by atoms with E-state index in [4.69, 9.17) is 9.31 Å². The lowest BCUT2D eigenvalue weighted by molar-refractivity contribution is 0.00578. The molecule has 1 aromatic carbocycles. The van der Waals surface area contributed by atoms with E-state index in [1.54, 1.807) is 0 Å². The second kappa shape index (κ2) is 5.33. The SMILES string of the molecule is CNc1nnc(-c2ccc(B3OC(C)(C)C(C)(C)O3)cc2)s1. The summed E-state index contributed by atoms with van der Waals surface area (Å²) < 4.78 is 12.1. The third kappa shape index (κ3) is 2.64. The quantitative estimate of drug-likeness (QED) is 0.882. The van der Waals surface area contributed by atoms with Crippen LogP contribution < -0.4 is 10.8 Å². The fraction of sp³-hybridized carbons (Fsp3) is 0.467. The predicted molar refractivity (Wildman–Crippen MR) is 90.6 cm³/mol. The number of anilines is 1. The van der Waals surface area contributed by atoms with Crippen molar-refractivity contribution < 1.29 is 9.31 Å². The number of benzene rings is 1. The Morgan fingerprint density at radius 1 is 1.00 bits per heavy atom. The molecule has 7 heteroatoms. The standard InChI is InChI=1S/C15H20BN3O2S/c1-14(2)15(3,4)21-16(20-14)11-8-6-10(7-9-11)12-18-19-13(17-5)22-12/h6-9H,1-5H3,(H,17,19). The zero-order valence-corrected chi connectivity index (χ0v) is 14.3. The minimum Gasteiger partial charge on any atom is -0.399 e. The molecule has 0 radical (unpaired) electrons. The van der Waals surface area contributed by atoms with Crippen molar-refractivity contribution in [2.75, 3.05) is 12.4 Å². The summed E-state index contributed by atoms with van der Waals surface area (Å²) in [7, 11) is 1.51. The van der Waals surface area contributed by atoms with Crippen molar-refractivity contribution in [2.24, 2.45) is 0 Å². The van der Waals surface area contributed by atoms with E-state index in [-0.39, 0.29) is 18.3 Å². The summed E-state index contributed by atoms with van der Waals surface area (Å²) in [5, 5.41) is 12.9. The predicted octanol–water partition coefficient (Wildman–Crippen LogP) is 2.55. The lowest BCUT2D eigenvalue weighted by Gasteiger charge is -2.32.